The molecule has 1 rings (SSSR count). The van der Waals surface area contributed by atoms with Crippen molar-refractivity contribution in [3.63, 3.8) is 0 Å². The van der Waals surface area contributed by atoms with Gasteiger partial charge in [-0.1, -0.05) is 45.3 Å². The third-order valence-corrected chi connectivity index (χ3v) is 3.99. The normalized spacial score (nSPS) is 11.3. The van der Waals surface area contributed by atoms with E-state index in [0.717, 1.165) is 41.8 Å². The molecule has 4 nitrogen and oxygen atoms in total. The highest BCUT2D eigenvalue weighted by Gasteiger charge is 2.22. The van der Waals surface area contributed by atoms with Crippen molar-refractivity contribution in [2.24, 2.45) is 0 Å². The van der Waals surface area contributed by atoms with Crippen LogP contribution in [0.5, 0.6) is 5.75 Å². The summed E-state index contributed by atoms with van der Waals surface area (Å²) in [7, 11) is 0. The van der Waals surface area contributed by atoms with Gasteiger partial charge in [-0.2, -0.15) is 0 Å². The van der Waals surface area contributed by atoms with Crippen molar-refractivity contribution in [1.29, 1.82) is 0 Å². The first-order valence-electron chi connectivity index (χ1n) is 9.23. The number of hydrogen-bond donors (Lipinski definition) is 0. The summed E-state index contributed by atoms with van der Waals surface area (Å²) in [6.45, 7) is 15.4. The van der Waals surface area contributed by atoms with E-state index < -0.39 is 11.8 Å². The maximum Gasteiger partial charge on any atom is 0.514 e. The van der Waals surface area contributed by atoms with Crippen molar-refractivity contribution in [1.82, 2.24) is 4.98 Å². The summed E-state index contributed by atoms with van der Waals surface area (Å²) in [4.78, 5) is 16.8. The van der Waals surface area contributed by atoms with Crippen molar-refractivity contribution < 1.29 is 14.3 Å². The lowest BCUT2D eigenvalue weighted by atomic mass is 10.00. The van der Waals surface area contributed by atoms with Crippen LogP contribution >= 0.6 is 0 Å². The van der Waals surface area contributed by atoms with Gasteiger partial charge in [0.2, 0.25) is 0 Å². The average Bonchev–Trinajstić information content (AvgIpc) is 2.47. The van der Waals surface area contributed by atoms with Crippen LogP contribution in [0, 0.1) is 13.8 Å². The average molecular weight is 347 g/mol. The molecule has 0 fully saturated rings. The third-order valence-electron chi connectivity index (χ3n) is 3.99. The fourth-order valence-corrected chi connectivity index (χ4v) is 2.78. The molecule has 140 valence electrons. The summed E-state index contributed by atoms with van der Waals surface area (Å²) in [6, 6.07) is 0. The Morgan fingerprint density at radius 1 is 1.12 bits per heavy atom. The SMILES string of the molecule is C=Cc1c(C)nc(C)c(CCCCCCC)c1OC(=O)OC(C)(C)C. The molecule has 0 aliphatic rings. The molecule has 0 amide bonds. The summed E-state index contributed by atoms with van der Waals surface area (Å²) in [5.74, 6) is 0.546. The molecule has 0 unspecified atom stereocenters. The fraction of sp³-hybridized carbons (Fsp3) is 0.619. The number of rotatable bonds is 8. The minimum absolute atomic E-state index is 0.546. The quantitative estimate of drug-likeness (QED) is 0.417. The predicted molar refractivity (Wildman–Crippen MR) is 103 cm³/mol. The number of hydrogen-bond acceptors (Lipinski definition) is 4. The second-order valence-corrected chi connectivity index (χ2v) is 7.44. The lowest BCUT2D eigenvalue weighted by molar-refractivity contribution is 0.0203. The molecular formula is C21H33NO3. The molecule has 0 N–H and O–H groups in total. The van der Waals surface area contributed by atoms with E-state index in [0.29, 0.717) is 5.75 Å². The Hall–Kier alpha value is -1.84. The standard InChI is InChI=1S/C21H33NO3/c1-8-10-11-12-13-14-18-16(4)22-15(3)17(9-2)19(18)24-20(23)25-21(5,6)7/h9H,2,8,10-14H2,1,3-7H3. The van der Waals surface area contributed by atoms with Crippen LogP contribution in [0.25, 0.3) is 6.08 Å². The van der Waals surface area contributed by atoms with Gasteiger partial charge in [0.1, 0.15) is 11.4 Å². The monoisotopic (exact) mass is 347 g/mol. The molecule has 0 bridgehead atoms. The Balaban J connectivity index is 3.04. The number of carbonyl (C=O) groups excluding carboxylic acids is 1. The van der Waals surface area contributed by atoms with Crippen LogP contribution in [0.2, 0.25) is 0 Å². The van der Waals surface area contributed by atoms with Crippen LogP contribution in [0.1, 0.15) is 82.3 Å². The van der Waals surface area contributed by atoms with E-state index in [1.807, 2.05) is 34.6 Å². The summed E-state index contributed by atoms with van der Waals surface area (Å²) in [5.41, 5.74) is 2.85. The summed E-state index contributed by atoms with van der Waals surface area (Å²) in [5, 5.41) is 0. The van der Waals surface area contributed by atoms with Gasteiger partial charge in [-0.25, -0.2) is 4.79 Å². The largest absolute Gasteiger partial charge is 0.514 e. The smallest absolute Gasteiger partial charge is 0.428 e. The number of aryl methyl sites for hydroxylation is 2. The van der Waals surface area contributed by atoms with Gasteiger partial charge in [0.15, 0.2) is 0 Å². The molecule has 0 aliphatic carbocycles. The van der Waals surface area contributed by atoms with E-state index in [9.17, 15) is 4.79 Å². The molecule has 0 aromatic carbocycles. The zero-order chi connectivity index (χ0) is 19.0. The van der Waals surface area contributed by atoms with E-state index in [-0.39, 0.29) is 0 Å². The van der Waals surface area contributed by atoms with Crippen molar-refractivity contribution in [2.75, 3.05) is 0 Å². The molecule has 1 aromatic rings. The van der Waals surface area contributed by atoms with Crippen LogP contribution in [0.3, 0.4) is 0 Å². The second kappa shape index (κ2) is 9.59. The highest BCUT2D eigenvalue weighted by molar-refractivity contribution is 5.70. The Bertz CT molecular complexity index is 600. The van der Waals surface area contributed by atoms with Gasteiger partial charge in [0.05, 0.1) is 0 Å². The topological polar surface area (TPSA) is 48.4 Å². The van der Waals surface area contributed by atoms with Crippen LogP contribution in [-0.2, 0) is 11.2 Å². The summed E-state index contributed by atoms with van der Waals surface area (Å²) >= 11 is 0. The molecule has 0 aliphatic heterocycles. The lowest BCUT2D eigenvalue weighted by Gasteiger charge is -2.21. The van der Waals surface area contributed by atoms with Gasteiger partial charge in [-0.05, 0) is 47.5 Å². The van der Waals surface area contributed by atoms with Crippen molar-refractivity contribution >= 4 is 12.2 Å². The van der Waals surface area contributed by atoms with E-state index >= 15 is 0 Å². The molecular weight excluding hydrogens is 314 g/mol. The van der Waals surface area contributed by atoms with Crippen LogP contribution in [0.4, 0.5) is 4.79 Å². The molecule has 0 saturated heterocycles. The summed E-state index contributed by atoms with van der Waals surface area (Å²) < 4.78 is 10.9. The van der Waals surface area contributed by atoms with Gasteiger partial charge < -0.3 is 9.47 Å². The molecule has 0 atom stereocenters. The Kier molecular flexibility index (Phi) is 8.14. The van der Waals surface area contributed by atoms with Crippen molar-refractivity contribution in [3.8, 4) is 5.75 Å². The van der Waals surface area contributed by atoms with E-state index in [1.54, 1.807) is 6.08 Å². The first kappa shape index (κ1) is 21.2. The van der Waals surface area contributed by atoms with Crippen LogP contribution in [-0.4, -0.2) is 16.7 Å². The fourth-order valence-electron chi connectivity index (χ4n) is 2.78. The van der Waals surface area contributed by atoms with Gasteiger partial charge >= 0.3 is 6.16 Å². The number of aromatic nitrogens is 1. The zero-order valence-electron chi connectivity index (χ0n) is 16.7. The predicted octanol–water partition coefficient (Wildman–Crippen LogP) is 6.17. The van der Waals surface area contributed by atoms with E-state index in [1.165, 1.54) is 19.3 Å². The number of carbonyl (C=O) groups is 1. The number of pyridine rings is 1. The Labute approximate surface area is 152 Å². The maximum absolute atomic E-state index is 12.2. The van der Waals surface area contributed by atoms with Gasteiger partial charge in [-0.3, -0.25) is 4.98 Å². The first-order chi connectivity index (χ1) is 11.7. The second-order valence-electron chi connectivity index (χ2n) is 7.44. The Morgan fingerprint density at radius 3 is 2.32 bits per heavy atom. The van der Waals surface area contributed by atoms with Crippen LogP contribution < -0.4 is 4.74 Å². The third kappa shape index (κ3) is 6.89. The molecule has 1 heterocycles. The number of unbranched alkanes of at least 4 members (excludes halogenated alkanes) is 4. The van der Waals surface area contributed by atoms with Gasteiger partial charge in [0, 0.05) is 22.5 Å². The molecule has 0 spiro atoms. The van der Waals surface area contributed by atoms with Gasteiger partial charge in [0.25, 0.3) is 0 Å². The molecule has 4 heteroatoms. The molecule has 0 saturated carbocycles. The molecule has 25 heavy (non-hydrogen) atoms. The highest BCUT2D eigenvalue weighted by Crippen LogP contribution is 2.31. The molecule has 1 aromatic heterocycles. The first-order valence-corrected chi connectivity index (χ1v) is 9.23. The highest BCUT2D eigenvalue weighted by atomic mass is 16.7. The zero-order valence-corrected chi connectivity index (χ0v) is 16.7. The maximum atomic E-state index is 12.2. The summed E-state index contributed by atoms with van der Waals surface area (Å²) in [6.07, 6.45) is 7.76. The van der Waals surface area contributed by atoms with Crippen molar-refractivity contribution in [2.45, 2.75) is 85.7 Å². The Morgan fingerprint density at radius 2 is 1.76 bits per heavy atom. The molecule has 0 radical (unpaired) electrons. The minimum Gasteiger partial charge on any atom is -0.428 e. The lowest BCUT2D eigenvalue weighted by Crippen LogP contribution is -2.26. The van der Waals surface area contributed by atoms with Crippen LogP contribution in [0.15, 0.2) is 6.58 Å². The van der Waals surface area contributed by atoms with Gasteiger partial charge in [-0.15, -0.1) is 0 Å². The number of ether oxygens (including phenoxy) is 2. The van der Waals surface area contributed by atoms with E-state index in [2.05, 4.69) is 18.5 Å². The van der Waals surface area contributed by atoms with Crippen molar-refractivity contribution in [3.05, 3.63) is 29.1 Å². The van der Waals surface area contributed by atoms with E-state index in [4.69, 9.17) is 9.47 Å². The minimum atomic E-state index is -0.687. The number of nitrogens with zero attached hydrogens (tertiary/aromatic N) is 1.